The lowest BCUT2D eigenvalue weighted by Crippen LogP contribution is -2.29. The molecule has 0 fully saturated rings. The summed E-state index contributed by atoms with van der Waals surface area (Å²) >= 11 is 3.32. The summed E-state index contributed by atoms with van der Waals surface area (Å²) in [7, 11) is 0. The predicted octanol–water partition coefficient (Wildman–Crippen LogP) is 2.42. The molecule has 0 saturated heterocycles. The second-order valence-corrected chi connectivity index (χ2v) is 5.61. The van der Waals surface area contributed by atoms with Crippen molar-refractivity contribution in [2.45, 2.75) is 25.9 Å². The van der Waals surface area contributed by atoms with Crippen molar-refractivity contribution in [3.8, 4) is 0 Å². The predicted molar refractivity (Wildman–Crippen MR) is 70.4 cm³/mol. The first-order valence-electron chi connectivity index (χ1n) is 5.49. The van der Waals surface area contributed by atoms with Crippen molar-refractivity contribution >= 4 is 15.9 Å². The van der Waals surface area contributed by atoms with Crippen LogP contribution in [0.3, 0.4) is 0 Å². The maximum absolute atomic E-state index is 13.0. The zero-order chi connectivity index (χ0) is 13.3. The molecule has 0 unspecified atom stereocenters. The minimum atomic E-state index is -0.516. The first kappa shape index (κ1) is 13.2. The van der Waals surface area contributed by atoms with Crippen LogP contribution < -0.4 is 5.73 Å². The van der Waals surface area contributed by atoms with Gasteiger partial charge in [0.05, 0.1) is 18.3 Å². The fourth-order valence-corrected chi connectivity index (χ4v) is 1.97. The molecule has 0 atom stereocenters. The lowest BCUT2D eigenvalue weighted by atomic mass is 10.0. The second-order valence-electron chi connectivity index (χ2n) is 4.76. The van der Waals surface area contributed by atoms with Gasteiger partial charge in [0.2, 0.25) is 0 Å². The number of rotatable bonds is 3. The molecule has 1 aromatic heterocycles. The van der Waals surface area contributed by atoms with Gasteiger partial charge in [0.15, 0.2) is 0 Å². The summed E-state index contributed by atoms with van der Waals surface area (Å²) < 4.78 is 15.4. The Balaban J connectivity index is 2.21. The quantitative estimate of drug-likeness (QED) is 0.947. The highest BCUT2D eigenvalue weighted by molar-refractivity contribution is 9.10. The van der Waals surface area contributed by atoms with Crippen LogP contribution in [-0.2, 0) is 12.1 Å². The van der Waals surface area contributed by atoms with E-state index in [0.717, 1.165) is 11.3 Å². The van der Waals surface area contributed by atoms with Crippen molar-refractivity contribution < 1.29 is 4.39 Å². The molecule has 2 aromatic rings. The Morgan fingerprint density at radius 3 is 2.72 bits per heavy atom. The Morgan fingerprint density at radius 1 is 1.44 bits per heavy atom. The largest absolute Gasteiger partial charge is 0.320 e. The smallest absolute Gasteiger partial charge is 0.124 e. The van der Waals surface area contributed by atoms with E-state index in [1.165, 1.54) is 12.1 Å². The van der Waals surface area contributed by atoms with Crippen molar-refractivity contribution in [3.63, 3.8) is 0 Å². The third-order valence-corrected chi connectivity index (χ3v) is 3.28. The lowest BCUT2D eigenvalue weighted by Gasteiger charge is -2.13. The third kappa shape index (κ3) is 2.94. The Morgan fingerprint density at radius 2 is 2.17 bits per heavy atom. The summed E-state index contributed by atoms with van der Waals surface area (Å²) in [5, 5.41) is 8.04. The monoisotopic (exact) mass is 312 g/mol. The average Bonchev–Trinajstić information content (AvgIpc) is 2.70. The van der Waals surface area contributed by atoms with Gasteiger partial charge in [-0.1, -0.05) is 27.2 Å². The number of nitrogens with zero attached hydrogens (tertiary/aromatic N) is 3. The molecule has 18 heavy (non-hydrogen) atoms. The first-order valence-corrected chi connectivity index (χ1v) is 6.29. The molecule has 2 N–H and O–H groups in total. The molecule has 0 aliphatic carbocycles. The van der Waals surface area contributed by atoms with E-state index in [1.807, 2.05) is 13.8 Å². The Labute approximate surface area is 113 Å². The number of halogens is 2. The molecule has 0 bridgehead atoms. The van der Waals surface area contributed by atoms with Gasteiger partial charge >= 0.3 is 0 Å². The minimum absolute atomic E-state index is 0.270. The van der Waals surface area contributed by atoms with E-state index < -0.39 is 5.54 Å². The molecular weight excluding hydrogens is 299 g/mol. The standard InChI is InChI=1S/C12H14BrFN4/c1-12(2,15)11-7-18(17-16-11)6-8-3-4-9(14)5-10(8)13/h3-5,7H,6,15H2,1-2H3. The fraction of sp³-hybridized carbons (Fsp3) is 0.333. The molecule has 1 aromatic carbocycles. The first-order chi connectivity index (χ1) is 8.36. The van der Waals surface area contributed by atoms with E-state index in [2.05, 4.69) is 26.2 Å². The summed E-state index contributed by atoms with van der Waals surface area (Å²) in [5.74, 6) is -0.270. The van der Waals surface area contributed by atoms with E-state index in [1.54, 1.807) is 16.9 Å². The molecule has 0 spiro atoms. The summed E-state index contributed by atoms with van der Waals surface area (Å²) in [4.78, 5) is 0. The summed E-state index contributed by atoms with van der Waals surface area (Å²) in [5.41, 5.74) is 7.08. The molecule has 1 heterocycles. The van der Waals surface area contributed by atoms with E-state index >= 15 is 0 Å². The molecule has 6 heteroatoms. The maximum atomic E-state index is 13.0. The zero-order valence-corrected chi connectivity index (χ0v) is 11.8. The van der Waals surface area contributed by atoms with E-state index in [4.69, 9.17) is 5.73 Å². The van der Waals surface area contributed by atoms with Gasteiger partial charge in [0, 0.05) is 4.47 Å². The van der Waals surface area contributed by atoms with Crippen LogP contribution in [0.15, 0.2) is 28.9 Å². The van der Waals surface area contributed by atoms with Crippen LogP contribution in [-0.4, -0.2) is 15.0 Å². The van der Waals surface area contributed by atoms with Crippen LogP contribution in [0.1, 0.15) is 25.1 Å². The van der Waals surface area contributed by atoms with Crippen LogP contribution in [0, 0.1) is 5.82 Å². The minimum Gasteiger partial charge on any atom is -0.320 e. The van der Waals surface area contributed by atoms with Gasteiger partial charge in [-0.05, 0) is 31.5 Å². The summed E-state index contributed by atoms with van der Waals surface area (Å²) in [6, 6.07) is 4.57. The Kier molecular flexibility index (Phi) is 3.49. The molecule has 0 amide bonds. The third-order valence-electron chi connectivity index (χ3n) is 2.55. The molecule has 4 nitrogen and oxygen atoms in total. The fourth-order valence-electron chi connectivity index (χ4n) is 1.50. The highest BCUT2D eigenvalue weighted by Crippen LogP contribution is 2.19. The van der Waals surface area contributed by atoms with Gasteiger partial charge in [0.1, 0.15) is 11.5 Å². The van der Waals surface area contributed by atoms with Crippen LogP contribution in [0.5, 0.6) is 0 Å². The highest BCUT2D eigenvalue weighted by Gasteiger charge is 2.18. The van der Waals surface area contributed by atoms with Gasteiger partial charge in [-0.25, -0.2) is 9.07 Å². The van der Waals surface area contributed by atoms with Crippen LogP contribution in [0.2, 0.25) is 0 Å². The van der Waals surface area contributed by atoms with Crippen molar-refractivity contribution in [1.82, 2.24) is 15.0 Å². The van der Waals surface area contributed by atoms with Gasteiger partial charge in [-0.3, -0.25) is 0 Å². The highest BCUT2D eigenvalue weighted by atomic mass is 79.9. The second kappa shape index (κ2) is 4.78. The van der Waals surface area contributed by atoms with Crippen LogP contribution in [0.4, 0.5) is 4.39 Å². The van der Waals surface area contributed by atoms with Gasteiger partial charge in [-0.2, -0.15) is 0 Å². The number of hydrogen-bond donors (Lipinski definition) is 1. The van der Waals surface area contributed by atoms with E-state index in [9.17, 15) is 4.39 Å². The van der Waals surface area contributed by atoms with E-state index in [0.29, 0.717) is 11.0 Å². The van der Waals surface area contributed by atoms with Gasteiger partial charge < -0.3 is 5.73 Å². The van der Waals surface area contributed by atoms with Gasteiger partial charge in [0.25, 0.3) is 0 Å². The maximum Gasteiger partial charge on any atom is 0.124 e. The molecule has 96 valence electrons. The Hall–Kier alpha value is -1.27. The topological polar surface area (TPSA) is 56.7 Å². The normalized spacial score (nSPS) is 11.8. The van der Waals surface area contributed by atoms with Crippen molar-refractivity contribution in [2.24, 2.45) is 5.73 Å². The molecule has 0 aliphatic heterocycles. The number of hydrogen-bond acceptors (Lipinski definition) is 3. The molecule has 2 rings (SSSR count). The van der Waals surface area contributed by atoms with Gasteiger partial charge in [-0.15, -0.1) is 5.10 Å². The van der Waals surface area contributed by atoms with Crippen molar-refractivity contribution in [1.29, 1.82) is 0 Å². The van der Waals surface area contributed by atoms with Crippen molar-refractivity contribution in [2.75, 3.05) is 0 Å². The van der Waals surface area contributed by atoms with Crippen LogP contribution >= 0.6 is 15.9 Å². The molecular formula is C12H14BrFN4. The summed E-state index contributed by atoms with van der Waals surface area (Å²) in [6.07, 6.45) is 1.80. The molecule has 0 aliphatic rings. The lowest BCUT2D eigenvalue weighted by molar-refractivity contribution is 0.533. The molecule has 0 saturated carbocycles. The van der Waals surface area contributed by atoms with Crippen LogP contribution in [0.25, 0.3) is 0 Å². The van der Waals surface area contributed by atoms with Crippen molar-refractivity contribution in [3.05, 3.63) is 45.9 Å². The molecule has 0 radical (unpaired) electrons. The van der Waals surface area contributed by atoms with E-state index in [-0.39, 0.29) is 5.82 Å². The summed E-state index contributed by atoms with van der Waals surface area (Å²) in [6.45, 7) is 4.26. The Bertz CT molecular complexity index is 559. The number of benzene rings is 1. The number of aromatic nitrogens is 3. The SMILES string of the molecule is CC(C)(N)c1cn(Cc2ccc(F)cc2Br)nn1. The average molecular weight is 313 g/mol. The number of nitrogens with two attached hydrogens (primary N) is 1. The zero-order valence-electron chi connectivity index (χ0n) is 10.2.